The minimum atomic E-state index is -0.931. The Bertz CT molecular complexity index is 475. The van der Waals surface area contributed by atoms with Crippen LogP contribution in [0.25, 0.3) is 5.57 Å². The van der Waals surface area contributed by atoms with E-state index in [-0.39, 0.29) is 0 Å². The highest BCUT2D eigenvalue weighted by Crippen LogP contribution is 2.25. The molecule has 0 heterocycles. The van der Waals surface area contributed by atoms with Crippen LogP contribution < -0.4 is 0 Å². The first kappa shape index (κ1) is 12.8. The fourth-order valence-corrected chi connectivity index (χ4v) is 2.45. The molecule has 2 rings (SSSR count). The molecule has 1 aromatic rings. The summed E-state index contributed by atoms with van der Waals surface area (Å²) >= 11 is 0. The van der Waals surface area contributed by atoms with Gasteiger partial charge in [-0.05, 0) is 47.9 Å². The zero-order chi connectivity index (χ0) is 13.0. The summed E-state index contributed by atoms with van der Waals surface area (Å²) in [4.78, 5) is 10.8. The lowest BCUT2D eigenvalue weighted by Gasteiger charge is -2.17. The number of benzene rings is 1. The smallest absolute Gasteiger partial charge is 0.328 e. The van der Waals surface area contributed by atoms with Gasteiger partial charge in [0.2, 0.25) is 0 Å². The van der Waals surface area contributed by atoms with Crippen LogP contribution in [0, 0.1) is 0 Å². The molecule has 1 N–H and O–H groups in total. The van der Waals surface area contributed by atoms with Crippen LogP contribution in [0.15, 0.2) is 24.3 Å². The lowest BCUT2D eigenvalue weighted by molar-refractivity contribution is -0.131. The second-order valence-electron chi connectivity index (χ2n) is 4.63. The summed E-state index contributed by atoms with van der Waals surface area (Å²) in [7, 11) is 1.58. The molecule has 1 aliphatic rings. The Labute approximate surface area is 107 Å². The van der Waals surface area contributed by atoms with E-state index in [1.807, 2.05) is 6.07 Å². The Hall–Kier alpha value is -1.61. The minimum absolute atomic E-state index is 0.324. The number of ether oxygens (including phenoxy) is 1. The molecule has 0 saturated carbocycles. The standard InChI is InChI=1S/C15H18O3/c1-18-10-14(9-15(16)17)13-7-6-11-4-2-3-5-12(11)8-13/h6-9H,2-5,10H2,1H3,(H,16,17)/b14-9+. The number of carboxylic acids is 1. The molecule has 0 amide bonds. The minimum Gasteiger partial charge on any atom is -0.478 e. The zero-order valence-corrected chi connectivity index (χ0v) is 10.6. The van der Waals surface area contributed by atoms with Crippen molar-refractivity contribution in [2.45, 2.75) is 25.7 Å². The predicted molar refractivity (Wildman–Crippen MR) is 70.6 cm³/mol. The molecular formula is C15H18O3. The highest BCUT2D eigenvalue weighted by atomic mass is 16.5. The first-order chi connectivity index (χ1) is 8.70. The number of hydrogen-bond acceptors (Lipinski definition) is 2. The third-order valence-electron chi connectivity index (χ3n) is 3.32. The van der Waals surface area contributed by atoms with Crippen molar-refractivity contribution < 1.29 is 14.6 Å². The van der Waals surface area contributed by atoms with Gasteiger partial charge in [0.05, 0.1) is 6.61 Å². The maximum Gasteiger partial charge on any atom is 0.328 e. The molecule has 0 saturated heterocycles. The van der Waals surface area contributed by atoms with E-state index in [9.17, 15) is 4.79 Å². The maximum atomic E-state index is 10.8. The van der Waals surface area contributed by atoms with Gasteiger partial charge in [0.1, 0.15) is 0 Å². The summed E-state index contributed by atoms with van der Waals surface area (Å²) in [5.41, 5.74) is 4.43. The van der Waals surface area contributed by atoms with E-state index >= 15 is 0 Å². The molecule has 18 heavy (non-hydrogen) atoms. The molecule has 0 radical (unpaired) electrons. The van der Waals surface area contributed by atoms with Crippen molar-refractivity contribution >= 4 is 11.5 Å². The molecule has 1 aromatic carbocycles. The summed E-state index contributed by atoms with van der Waals surface area (Å²) in [6, 6.07) is 6.23. The normalized spacial score (nSPS) is 15.3. The molecule has 0 aromatic heterocycles. The largest absolute Gasteiger partial charge is 0.478 e. The van der Waals surface area contributed by atoms with E-state index in [1.54, 1.807) is 7.11 Å². The number of methoxy groups -OCH3 is 1. The molecule has 1 aliphatic carbocycles. The average molecular weight is 246 g/mol. The number of carbonyl (C=O) groups is 1. The number of aryl methyl sites for hydroxylation is 2. The Kier molecular flexibility index (Phi) is 4.15. The van der Waals surface area contributed by atoms with Gasteiger partial charge in [-0.25, -0.2) is 4.79 Å². The Morgan fingerprint density at radius 3 is 2.72 bits per heavy atom. The van der Waals surface area contributed by atoms with Crippen LogP contribution >= 0.6 is 0 Å². The van der Waals surface area contributed by atoms with E-state index in [1.165, 1.54) is 30.0 Å². The van der Waals surface area contributed by atoms with E-state index in [2.05, 4.69) is 12.1 Å². The monoisotopic (exact) mass is 246 g/mol. The second kappa shape index (κ2) is 5.83. The number of fused-ring (bicyclic) bond motifs is 1. The van der Waals surface area contributed by atoms with Gasteiger partial charge in [0.15, 0.2) is 0 Å². The van der Waals surface area contributed by atoms with Gasteiger partial charge in [0, 0.05) is 13.2 Å². The van der Waals surface area contributed by atoms with Crippen LogP contribution in [0.3, 0.4) is 0 Å². The summed E-state index contributed by atoms with van der Waals surface area (Å²) in [6.07, 6.45) is 5.93. The van der Waals surface area contributed by atoms with E-state index in [0.29, 0.717) is 6.61 Å². The molecule has 0 fully saturated rings. The van der Waals surface area contributed by atoms with Gasteiger partial charge in [-0.3, -0.25) is 0 Å². The maximum absolute atomic E-state index is 10.8. The Balaban J connectivity index is 2.33. The molecule has 0 aliphatic heterocycles. The van der Waals surface area contributed by atoms with E-state index < -0.39 is 5.97 Å². The van der Waals surface area contributed by atoms with Gasteiger partial charge in [-0.1, -0.05) is 18.2 Å². The van der Waals surface area contributed by atoms with Gasteiger partial charge in [-0.15, -0.1) is 0 Å². The van der Waals surface area contributed by atoms with Crippen LogP contribution in [0.4, 0.5) is 0 Å². The van der Waals surface area contributed by atoms with Crippen LogP contribution in [0.1, 0.15) is 29.5 Å². The highest BCUT2D eigenvalue weighted by Gasteiger charge is 2.11. The molecule has 3 heteroatoms. The van der Waals surface area contributed by atoms with Gasteiger partial charge >= 0.3 is 5.97 Å². The highest BCUT2D eigenvalue weighted by molar-refractivity contribution is 5.90. The third kappa shape index (κ3) is 2.99. The van der Waals surface area contributed by atoms with E-state index in [0.717, 1.165) is 24.0 Å². The van der Waals surface area contributed by atoms with Crippen LogP contribution in [-0.2, 0) is 22.4 Å². The summed E-state index contributed by atoms with van der Waals surface area (Å²) < 4.78 is 5.07. The van der Waals surface area contributed by atoms with Crippen molar-refractivity contribution in [3.8, 4) is 0 Å². The fourth-order valence-electron chi connectivity index (χ4n) is 2.45. The molecule has 0 unspecified atom stereocenters. The van der Waals surface area contributed by atoms with Gasteiger partial charge in [-0.2, -0.15) is 0 Å². The van der Waals surface area contributed by atoms with Gasteiger partial charge in [0.25, 0.3) is 0 Å². The van der Waals surface area contributed by atoms with Crippen LogP contribution in [-0.4, -0.2) is 24.8 Å². The van der Waals surface area contributed by atoms with Crippen LogP contribution in [0.5, 0.6) is 0 Å². The van der Waals surface area contributed by atoms with Crippen molar-refractivity contribution in [1.29, 1.82) is 0 Å². The lowest BCUT2D eigenvalue weighted by Crippen LogP contribution is -2.05. The number of rotatable bonds is 4. The van der Waals surface area contributed by atoms with Crippen molar-refractivity contribution in [2.24, 2.45) is 0 Å². The van der Waals surface area contributed by atoms with Crippen LogP contribution in [0.2, 0.25) is 0 Å². The second-order valence-corrected chi connectivity index (χ2v) is 4.63. The molecule has 0 atom stereocenters. The van der Waals surface area contributed by atoms with Crippen molar-refractivity contribution in [3.63, 3.8) is 0 Å². The molecular weight excluding hydrogens is 228 g/mol. The fraction of sp³-hybridized carbons (Fsp3) is 0.400. The quantitative estimate of drug-likeness (QED) is 0.831. The SMILES string of the molecule is COC/C(=C\C(=O)O)c1ccc2c(c1)CCCC2. The van der Waals surface area contributed by atoms with E-state index in [4.69, 9.17) is 9.84 Å². The van der Waals surface area contributed by atoms with Gasteiger partial charge < -0.3 is 9.84 Å². The van der Waals surface area contributed by atoms with Crippen molar-refractivity contribution in [1.82, 2.24) is 0 Å². The Morgan fingerprint density at radius 2 is 2.06 bits per heavy atom. The average Bonchev–Trinajstić information content (AvgIpc) is 2.37. The molecule has 0 spiro atoms. The topological polar surface area (TPSA) is 46.5 Å². The summed E-state index contributed by atoms with van der Waals surface area (Å²) in [5, 5.41) is 8.88. The van der Waals surface area contributed by atoms with Crippen molar-refractivity contribution in [2.75, 3.05) is 13.7 Å². The zero-order valence-electron chi connectivity index (χ0n) is 10.6. The number of hydrogen-bond donors (Lipinski definition) is 1. The molecule has 3 nitrogen and oxygen atoms in total. The summed E-state index contributed by atoms with van der Waals surface area (Å²) in [6.45, 7) is 0.324. The predicted octanol–water partition coefficient (Wildman–Crippen LogP) is 2.68. The third-order valence-corrected chi connectivity index (χ3v) is 3.32. The lowest BCUT2D eigenvalue weighted by atomic mass is 9.89. The number of aliphatic carboxylic acids is 1. The first-order valence-electron chi connectivity index (χ1n) is 6.25. The Morgan fingerprint density at radius 1 is 1.33 bits per heavy atom. The summed E-state index contributed by atoms with van der Waals surface area (Å²) in [5.74, 6) is -0.931. The molecule has 96 valence electrons. The van der Waals surface area contributed by atoms with Crippen molar-refractivity contribution in [3.05, 3.63) is 41.0 Å². The first-order valence-corrected chi connectivity index (χ1v) is 6.25. The molecule has 0 bridgehead atoms. The number of carboxylic acid groups (broad SMARTS) is 1.